The van der Waals surface area contributed by atoms with Crippen LogP contribution in [0.1, 0.15) is 41.5 Å². The molecule has 0 bridgehead atoms. The Bertz CT molecular complexity index is 992. The van der Waals surface area contributed by atoms with Crippen molar-refractivity contribution in [3.8, 4) is 0 Å². The van der Waals surface area contributed by atoms with E-state index >= 15 is 0 Å². The summed E-state index contributed by atoms with van der Waals surface area (Å²) in [7, 11) is 0. The summed E-state index contributed by atoms with van der Waals surface area (Å²) in [6.07, 6.45) is 2.64. The molecule has 2 aromatic carbocycles. The highest BCUT2D eigenvalue weighted by molar-refractivity contribution is 6.16. The van der Waals surface area contributed by atoms with Crippen LogP contribution in [-0.4, -0.2) is 24.1 Å². The summed E-state index contributed by atoms with van der Waals surface area (Å²) in [6.45, 7) is 6.57. The van der Waals surface area contributed by atoms with Crippen molar-refractivity contribution in [2.45, 2.75) is 46.6 Å². The van der Waals surface area contributed by atoms with Gasteiger partial charge in [0.15, 0.2) is 0 Å². The van der Waals surface area contributed by atoms with E-state index in [1.54, 1.807) is 4.90 Å². The molecule has 4 rings (SSSR count). The van der Waals surface area contributed by atoms with Crippen LogP contribution in [0.3, 0.4) is 0 Å². The summed E-state index contributed by atoms with van der Waals surface area (Å²) in [5.74, 6) is -0.369. The van der Waals surface area contributed by atoms with Gasteiger partial charge in [-0.25, -0.2) is 0 Å². The zero-order valence-corrected chi connectivity index (χ0v) is 17.3. The summed E-state index contributed by atoms with van der Waals surface area (Å²) in [5, 5.41) is 2.95. The number of rotatable bonds is 4. The maximum atomic E-state index is 13.3. The molecule has 29 heavy (non-hydrogen) atoms. The van der Waals surface area contributed by atoms with Gasteiger partial charge in [0.05, 0.1) is 17.3 Å². The first-order valence-corrected chi connectivity index (χ1v) is 10.2. The van der Waals surface area contributed by atoms with Gasteiger partial charge in [0, 0.05) is 12.3 Å². The second kappa shape index (κ2) is 7.82. The average molecular weight is 389 g/mol. The van der Waals surface area contributed by atoms with Gasteiger partial charge in [-0.1, -0.05) is 29.8 Å². The molecule has 5 heteroatoms. The van der Waals surface area contributed by atoms with Crippen LogP contribution in [0.25, 0.3) is 0 Å². The molecule has 2 amide bonds. The SMILES string of the molecule is Cc1ccc(CNC(=O)CN2C(=O)[C@H]3CCCC3=Nc3cc(C)c(C)cc32)cc1. The van der Waals surface area contributed by atoms with Crippen molar-refractivity contribution in [3.05, 3.63) is 58.7 Å². The van der Waals surface area contributed by atoms with E-state index in [1.807, 2.05) is 57.2 Å². The number of amides is 2. The van der Waals surface area contributed by atoms with E-state index < -0.39 is 0 Å². The highest BCUT2D eigenvalue weighted by Gasteiger charge is 2.37. The zero-order valence-electron chi connectivity index (χ0n) is 17.3. The summed E-state index contributed by atoms with van der Waals surface area (Å²) in [4.78, 5) is 32.5. The van der Waals surface area contributed by atoms with Gasteiger partial charge in [0.25, 0.3) is 0 Å². The normalized spacial score (nSPS) is 18.0. The third-order valence-electron chi connectivity index (χ3n) is 5.95. The molecule has 1 heterocycles. The van der Waals surface area contributed by atoms with Gasteiger partial charge in [0.1, 0.15) is 6.54 Å². The van der Waals surface area contributed by atoms with E-state index in [9.17, 15) is 9.59 Å². The Labute approximate surface area is 171 Å². The molecule has 1 aliphatic heterocycles. The minimum Gasteiger partial charge on any atom is -0.350 e. The predicted molar refractivity (Wildman–Crippen MR) is 116 cm³/mol. The fourth-order valence-electron chi connectivity index (χ4n) is 4.05. The lowest BCUT2D eigenvalue weighted by Crippen LogP contribution is -2.43. The quantitative estimate of drug-likeness (QED) is 0.854. The van der Waals surface area contributed by atoms with E-state index in [0.717, 1.165) is 53.0 Å². The van der Waals surface area contributed by atoms with Gasteiger partial charge in [-0.15, -0.1) is 0 Å². The van der Waals surface area contributed by atoms with Gasteiger partial charge in [-0.2, -0.15) is 0 Å². The van der Waals surface area contributed by atoms with Crippen molar-refractivity contribution in [1.29, 1.82) is 0 Å². The molecule has 2 aromatic rings. The molecule has 150 valence electrons. The molecule has 0 unspecified atom stereocenters. The number of nitrogens with zero attached hydrogens (tertiary/aromatic N) is 2. The van der Waals surface area contributed by atoms with E-state index in [1.165, 1.54) is 5.56 Å². The molecule has 0 radical (unpaired) electrons. The van der Waals surface area contributed by atoms with Crippen LogP contribution in [0.2, 0.25) is 0 Å². The Kier molecular flexibility index (Phi) is 5.22. The monoisotopic (exact) mass is 389 g/mol. The third kappa shape index (κ3) is 3.95. The minimum atomic E-state index is -0.201. The fraction of sp³-hybridized carbons (Fsp3) is 0.375. The Morgan fingerprint density at radius 3 is 2.62 bits per heavy atom. The standard InChI is InChI=1S/C24H27N3O2/c1-15-7-9-18(10-8-15)13-25-23(28)14-27-22-12-17(3)16(2)11-21(22)26-20-6-4-5-19(20)24(27)29/h7-12,19H,4-6,13-14H2,1-3H3,(H,25,28)/t19-/m0/s1. The number of aryl methyl sites for hydroxylation is 3. The van der Waals surface area contributed by atoms with Crippen LogP contribution in [0, 0.1) is 26.7 Å². The second-order valence-electron chi connectivity index (χ2n) is 8.16. The zero-order chi connectivity index (χ0) is 20.5. The Hall–Kier alpha value is -2.95. The molecule has 0 spiro atoms. The molecular formula is C24H27N3O2. The molecule has 2 aliphatic rings. The van der Waals surface area contributed by atoms with Gasteiger partial charge in [-0.3, -0.25) is 14.6 Å². The van der Waals surface area contributed by atoms with Crippen LogP contribution < -0.4 is 10.2 Å². The number of nitrogens with one attached hydrogen (secondary N) is 1. The third-order valence-corrected chi connectivity index (χ3v) is 5.95. The molecule has 1 atom stereocenters. The fourth-order valence-corrected chi connectivity index (χ4v) is 4.05. The van der Waals surface area contributed by atoms with Crippen LogP contribution in [0.15, 0.2) is 41.4 Å². The number of hydrogen-bond acceptors (Lipinski definition) is 3. The molecule has 1 fully saturated rings. The van der Waals surface area contributed by atoms with Gasteiger partial charge in [-0.05, 0) is 68.9 Å². The number of aliphatic imine (C=N–C) groups is 1. The van der Waals surface area contributed by atoms with Crippen LogP contribution in [0.4, 0.5) is 11.4 Å². The van der Waals surface area contributed by atoms with Crippen LogP contribution in [0.5, 0.6) is 0 Å². The van der Waals surface area contributed by atoms with E-state index in [2.05, 4.69) is 5.32 Å². The van der Waals surface area contributed by atoms with Crippen molar-refractivity contribution < 1.29 is 9.59 Å². The Morgan fingerprint density at radius 2 is 1.86 bits per heavy atom. The van der Waals surface area contributed by atoms with Crippen LogP contribution in [-0.2, 0) is 16.1 Å². The number of carbonyl (C=O) groups is 2. The first-order chi connectivity index (χ1) is 13.9. The Morgan fingerprint density at radius 1 is 1.14 bits per heavy atom. The summed E-state index contributed by atoms with van der Waals surface area (Å²) in [6, 6.07) is 12.1. The molecule has 5 nitrogen and oxygen atoms in total. The molecule has 0 saturated heterocycles. The van der Waals surface area contributed by atoms with Crippen molar-refractivity contribution in [2.75, 3.05) is 11.4 Å². The van der Waals surface area contributed by atoms with Crippen molar-refractivity contribution in [1.82, 2.24) is 5.32 Å². The number of fused-ring (bicyclic) bond motifs is 2. The second-order valence-corrected chi connectivity index (χ2v) is 8.16. The molecule has 1 N–H and O–H groups in total. The van der Waals surface area contributed by atoms with E-state index in [0.29, 0.717) is 6.54 Å². The largest absolute Gasteiger partial charge is 0.350 e. The average Bonchev–Trinajstić information content (AvgIpc) is 3.12. The first kappa shape index (κ1) is 19.4. The highest BCUT2D eigenvalue weighted by atomic mass is 16.2. The number of benzene rings is 2. The van der Waals surface area contributed by atoms with Gasteiger partial charge < -0.3 is 10.2 Å². The van der Waals surface area contributed by atoms with Gasteiger partial charge >= 0.3 is 0 Å². The number of carbonyl (C=O) groups excluding carboxylic acids is 2. The number of hydrogen-bond donors (Lipinski definition) is 1. The van der Waals surface area contributed by atoms with Gasteiger partial charge in [0.2, 0.25) is 11.8 Å². The van der Waals surface area contributed by atoms with E-state index in [-0.39, 0.29) is 24.3 Å². The predicted octanol–water partition coefficient (Wildman–Crippen LogP) is 4.15. The maximum absolute atomic E-state index is 13.3. The first-order valence-electron chi connectivity index (χ1n) is 10.2. The number of anilines is 1. The topological polar surface area (TPSA) is 61.8 Å². The molecular weight excluding hydrogens is 362 g/mol. The lowest BCUT2D eigenvalue weighted by molar-refractivity contribution is -0.124. The highest BCUT2D eigenvalue weighted by Crippen LogP contribution is 2.39. The summed E-state index contributed by atoms with van der Waals surface area (Å²) >= 11 is 0. The lowest BCUT2D eigenvalue weighted by atomic mass is 10.0. The summed E-state index contributed by atoms with van der Waals surface area (Å²) < 4.78 is 0. The smallest absolute Gasteiger partial charge is 0.240 e. The Balaban J connectivity index is 1.57. The summed E-state index contributed by atoms with van der Waals surface area (Å²) in [5.41, 5.74) is 6.96. The van der Waals surface area contributed by atoms with E-state index in [4.69, 9.17) is 4.99 Å². The minimum absolute atomic E-state index is 0.00580. The lowest BCUT2D eigenvalue weighted by Gasteiger charge is -2.25. The molecule has 1 aliphatic carbocycles. The molecule has 1 saturated carbocycles. The van der Waals surface area contributed by atoms with Crippen LogP contribution >= 0.6 is 0 Å². The van der Waals surface area contributed by atoms with Crippen molar-refractivity contribution in [2.24, 2.45) is 10.9 Å². The van der Waals surface area contributed by atoms with Crippen molar-refractivity contribution in [3.63, 3.8) is 0 Å². The molecule has 0 aromatic heterocycles. The van der Waals surface area contributed by atoms with Crippen molar-refractivity contribution >= 4 is 28.9 Å². The maximum Gasteiger partial charge on any atom is 0.240 e.